The summed E-state index contributed by atoms with van der Waals surface area (Å²) in [5.74, 6) is 0. The lowest BCUT2D eigenvalue weighted by Gasteiger charge is -1.81. The Morgan fingerprint density at radius 3 is 3.12 bits per heavy atom. The highest BCUT2D eigenvalue weighted by Gasteiger charge is 1.92. The molecule has 0 fully saturated rings. The standard InChI is InChI=1S/C4H7N3O/c5-2-1-4-3-6-8-7-4/h3H,1-2,5H2. The zero-order valence-electron chi connectivity index (χ0n) is 4.37. The summed E-state index contributed by atoms with van der Waals surface area (Å²) in [5, 5.41) is 6.94. The molecule has 1 aromatic rings. The van der Waals surface area contributed by atoms with E-state index in [1.54, 1.807) is 6.20 Å². The van der Waals surface area contributed by atoms with Gasteiger partial charge in [-0.15, -0.1) is 0 Å². The summed E-state index contributed by atoms with van der Waals surface area (Å²) >= 11 is 0. The molecule has 0 bridgehead atoms. The molecular formula is C4H7N3O. The molecule has 8 heavy (non-hydrogen) atoms. The predicted octanol–water partition coefficient (Wildman–Crippen LogP) is -0.429. The second kappa shape index (κ2) is 2.42. The van der Waals surface area contributed by atoms with Gasteiger partial charge < -0.3 is 5.73 Å². The Balaban J connectivity index is 2.50. The molecule has 0 aliphatic carbocycles. The second-order valence-corrected chi connectivity index (χ2v) is 1.44. The van der Waals surface area contributed by atoms with Crippen LogP contribution < -0.4 is 5.73 Å². The molecule has 2 N–H and O–H groups in total. The monoisotopic (exact) mass is 113 g/mol. The van der Waals surface area contributed by atoms with E-state index in [4.69, 9.17) is 5.73 Å². The lowest BCUT2D eigenvalue weighted by Crippen LogP contribution is -2.02. The van der Waals surface area contributed by atoms with Crippen molar-refractivity contribution in [3.05, 3.63) is 11.9 Å². The van der Waals surface area contributed by atoms with Gasteiger partial charge in [-0.3, -0.25) is 0 Å². The first-order chi connectivity index (χ1) is 3.93. The fourth-order valence-corrected chi connectivity index (χ4v) is 0.442. The Labute approximate surface area is 46.6 Å². The quantitative estimate of drug-likeness (QED) is 0.565. The van der Waals surface area contributed by atoms with Crippen molar-refractivity contribution in [2.45, 2.75) is 6.42 Å². The van der Waals surface area contributed by atoms with Crippen molar-refractivity contribution >= 4 is 0 Å². The van der Waals surface area contributed by atoms with Gasteiger partial charge in [0.25, 0.3) is 0 Å². The van der Waals surface area contributed by atoms with Crippen molar-refractivity contribution in [3.63, 3.8) is 0 Å². The zero-order chi connectivity index (χ0) is 5.82. The van der Waals surface area contributed by atoms with Crippen molar-refractivity contribution in [1.82, 2.24) is 10.3 Å². The Kier molecular flexibility index (Phi) is 1.58. The molecule has 44 valence electrons. The SMILES string of the molecule is NCCc1cnon1. The molecule has 0 saturated heterocycles. The number of hydrogen-bond donors (Lipinski definition) is 1. The number of aromatic nitrogens is 2. The van der Waals surface area contributed by atoms with Crippen LogP contribution in [0.15, 0.2) is 10.8 Å². The fraction of sp³-hybridized carbons (Fsp3) is 0.500. The summed E-state index contributed by atoms with van der Waals surface area (Å²) in [4.78, 5) is 0. The topological polar surface area (TPSA) is 64.9 Å². The van der Waals surface area contributed by atoms with Gasteiger partial charge in [-0.25, -0.2) is 4.63 Å². The van der Waals surface area contributed by atoms with Crippen molar-refractivity contribution in [2.75, 3.05) is 6.54 Å². The molecular weight excluding hydrogens is 106 g/mol. The van der Waals surface area contributed by atoms with Crippen molar-refractivity contribution in [2.24, 2.45) is 5.73 Å². The molecule has 0 atom stereocenters. The molecule has 1 rings (SSSR count). The fourth-order valence-electron chi connectivity index (χ4n) is 0.442. The summed E-state index contributed by atoms with van der Waals surface area (Å²) < 4.78 is 4.31. The summed E-state index contributed by atoms with van der Waals surface area (Å²) in [6.45, 7) is 0.591. The van der Waals surface area contributed by atoms with Gasteiger partial charge in [0.05, 0.1) is 6.20 Å². The van der Waals surface area contributed by atoms with Crippen LogP contribution in [0.2, 0.25) is 0 Å². The van der Waals surface area contributed by atoms with Crippen LogP contribution in [0.1, 0.15) is 5.69 Å². The van der Waals surface area contributed by atoms with Gasteiger partial charge in [-0.1, -0.05) is 10.3 Å². The predicted molar refractivity (Wildman–Crippen MR) is 27.1 cm³/mol. The van der Waals surface area contributed by atoms with Crippen LogP contribution in [0, 0.1) is 0 Å². The molecule has 0 aliphatic rings. The normalized spacial score (nSPS) is 9.62. The highest BCUT2D eigenvalue weighted by molar-refractivity contribution is 4.88. The minimum Gasteiger partial charge on any atom is -0.330 e. The molecule has 0 saturated carbocycles. The first kappa shape index (κ1) is 5.24. The van der Waals surface area contributed by atoms with Crippen molar-refractivity contribution < 1.29 is 4.63 Å². The Morgan fingerprint density at radius 2 is 2.62 bits per heavy atom. The molecule has 1 heterocycles. The Morgan fingerprint density at radius 1 is 1.75 bits per heavy atom. The second-order valence-electron chi connectivity index (χ2n) is 1.44. The van der Waals surface area contributed by atoms with Crippen LogP contribution >= 0.6 is 0 Å². The minimum atomic E-state index is 0.591. The largest absolute Gasteiger partial charge is 0.330 e. The van der Waals surface area contributed by atoms with Crippen molar-refractivity contribution in [1.29, 1.82) is 0 Å². The van der Waals surface area contributed by atoms with E-state index in [-0.39, 0.29) is 0 Å². The smallest absolute Gasteiger partial charge is 0.106 e. The van der Waals surface area contributed by atoms with Gasteiger partial charge in [-0.05, 0) is 6.54 Å². The summed E-state index contributed by atoms with van der Waals surface area (Å²) in [6, 6.07) is 0. The van der Waals surface area contributed by atoms with Gasteiger partial charge >= 0.3 is 0 Å². The van der Waals surface area contributed by atoms with Crippen LogP contribution in [0.5, 0.6) is 0 Å². The van der Waals surface area contributed by atoms with E-state index in [0.29, 0.717) is 6.54 Å². The van der Waals surface area contributed by atoms with Crippen LogP contribution in [0.3, 0.4) is 0 Å². The Bertz CT molecular complexity index is 137. The third kappa shape index (κ3) is 1.04. The first-order valence-electron chi connectivity index (χ1n) is 2.40. The molecule has 4 nitrogen and oxygen atoms in total. The average Bonchev–Trinajstić information content (AvgIpc) is 2.19. The average molecular weight is 113 g/mol. The maximum atomic E-state index is 5.21. The van der Waals surface area contributed by atoms with Gasteiger partial charge in [0, 0.05) is 6.42 Å². The third-order valence-electron chi connectivity index (χ3n) is 0.807. The molecule has 4 heteroatoms. The molecule has 0 aliphatic heterocycles. The highest BCUT2D eigenvalue weighted by atomic mass is 16.6. The lowest BCUT2D eigenvalue weighted by molar-refractivity contribution is 0.303. The zero-order valence-corrected chi connectivity index (χ0v) is 4.37. The van der Waals surface area contributed by atoms with E-state index in [0.717, 1.165) is 12.1 Å². The first-order valence-corrected chi connectivity index (χ1v) is 2.40. The molecule has 0 aromatic carbocycles. The van der Waals surface area contributed by atoms with E-state index in [1.807, 2.05) is 0 Å². The molecule has 0 radical (unpaired) electrons. The number of hydrogen-bond acceptors (Lipinski definition) is 4. The van der Waals surface area contributed by atoms with Crippen LogP contribution in [0.25, 0.3) is 0 Å². The van der Waals surface area contributed by atoms with E-state index in [2.05, 4.69) is 14.9 Å². The number of nitrogens with two attached hydrogens (primary N) is 1. The maximum Gasteiger partial charge on any atom is 0.106 e. The van der Waals surface area contributed by atoms with Gasteiger partial charge in [0.15, 0.2) is 0 Å². The molecule has 0 amide bonds. The van der Waals surface area contributed by atoms with E-state index in [9.17, 15) is 0 Å². The maximum absolute atomic E-state index is 5.21. The van der Waals surface area contributed by atoms with Crippen LogP contribution in [0.4, 0.5) is 0 Å². The van der Waals surface area contributed by atoms with E-state index < -0.39 is 0 Å². The van der Waals surface area contributed by atoms with Crippen LogP contribution in [-0.2, 0) is 6.42 Å². The van der Waals surface area contributed by atoms with Gasteiger partial charge in [-0.2, -0.15) is 0 Å². The van der Waals surface area contributed by atoms with Gasteiger partial charge in [0.2, 0.25) is 0 Å². The summed E-state index contributed by atoms with van der Waals surface area (Å²) in [5.41, 5.74) is 6.02. The highest BCUT2D eigenvalue weighted by Crippen LogP contribution is 1.88. The summed E-state index contributed by atoms with van der Waals surface area (Å²) in [6.07, 6.45) is 2.30. The molecule has 1 aromatic heterocycles. The summed E-state index contributed by atoms with van der Waals surface area (Å²) in [7, 11) is 0. The number of nitrogens with zero attached hydrogens (tertiary/aromatic N) is 2. The number of rotatable bonds is 2. The molecule has 0 spiro atoms. The van der Waals surface area contributed by atoms with E-state index >= 15 is 0 Å². The van der Waals surface area contributed by atoms with Gasteiger partial charge in [0.1, 0.15) is 5.69 Å². The minimum absolute atomic E-state index is 0.591. The van der Waals surface area contributed by atoms with Crippen molar-refractivity contribution in [3.8, 4) is 0 Å². The third-order valence-corrected chi connectivity index (χ3v) is 0.807. The Hall–Kier alpha value is -0.900. The molecule has 0 unspecified atom stereocenters. The lowest BCUT2D eigenvalue weighted by atomic mass is 10.3. The van der Waals surface area contributed by atoms with E-state index in [1.165, 1.54) is 0 Å². The van der Waals surface area contributed by atoms with Crippen LogP contribution in [-0.4, -0.2) is 16.9 Å².